The Morgan fingerprint density at radius 1 is 1.24 bits per heavy atom. The van der Waals surface area contributed by atoms with Crippen molar-refractivity contribution in [3.8, 4) is 0 Å². The fraction of sp³-hybridized carbons (Fsp3) is 0.500. The second kappa shape index (κ2) is 6.62. The Labute approximate surface area is 122 Å². The van der Waals surface area contributed by atoms with E-state index in [1.54, 1.807) is 16.8 Å². The van der Waals surface area contributed by atoms with Gasteiger partial charge in [0.2, 0.25) is 5.95 Å². The number of anilines is 1. The van der Waals surface area contributed by atoms with E-state index < -0.39 is 0 Å². The topological polar surface area (TPSA) is 56.1 Å². The van der Waals surface area contributed by atoms with Crippen molar-refractivity contribution in [2.45, 2.75) is 19.4 Å². The highest BCUT2D eigenvalue weighted by Gasteiger charge is 2.16. The molecular formula is C14H18FN5O. The molecule has 7 heteroatoms. The lowest BCUT2D eigenvalue weighted by atomic mass is 10.1. The Kier molecular flexibility index (Phi) is 4.40. The Bertz CT molecular complexity index is 580. The quantitative estimate of drug-likeness (QED) is 0.849. The molecule has 112 valence electrons. The van der Waals surface area contributed by atoms with Gasteiger partial charge in [0, 0.05) is 19.7 Å². The van der Waals surface area contributed by atoms with Gasteiger partial charge in [-0.3, -0.25) is 0 Å². The fourth-order valence-electron chi connectivity index (χ4n) is 2.44. The van der Waals surface area contributed by atoms with Crippen LogP contribution in [0, 0.1) is 5.82 Å². The minimum absolute atomic E-state index is 0.214. The molecule has 1 aliphatic heterocycles. The smallest absolute Gasteiger partial charge is 0.245 e. The summed E-state index contributed by atoms with van der Waals surface area (Å²) in [5, 5.41) is 11.9. The van der Waals surface area contributed by atoms with E-state index in [2.05, 4.69) is 20.4 Å². The lowest BCUT2D eigenvalue weighted by Gasteiger charge is -2.19. The number of aryl methyl sites for hydroxylation is 2. The number of rotatable bonds is 4. The summed E-state index contributed by atoms with van der Waals surface area (Å²) in [5.41, 5.74) is 0.940. The highest BCUT2D eigenvalue weighted by molar-refractivity contribution is 5.28. The molecule has 1 aromatic carbocycles. The summed E-state index contributed by atoms with van der Waals surface area (Å²) in [6, 6.07) is 6.62. The molecule has 21 heavy (non-hydrogen) atoms. The molecule has 0 unspecified atom stereocenters. The molecule has 1 saturated heterocycles. The van der Waals surface area contributed by atoms with E-state index in [1.807, 2.05) is 6.07 Å². The van der Waals surface area contributed by atoms with Crippen molar-refractivity contribution in [3.63, 3.8) is 0 Å². The van der Waals surface area contributed by atoms with E-state index >= 15 is 0 Å². The summed E-state index contributed by atoms with van der Waals surface area (Å²) < 4.78 is 20.4. The van der Waals surface area contributed by atoms with Crippen LogP contribution in [0.15, 0.2) is 24.3 Å². The monoisotopic (exact) mass is 291 g/mol. The summed E-state index contributed by atoms with van der Waals surface area (Å²) in [4.78, 5) is 2.14. The van der Waals surface area contributed by atoms with Crippen LogP contribution < -0.4 is 4.90 Å². The molecule has 2 heterocycles. The maximum absolute atomic E-state index is 13.2. The number of benzene rings is 1. The molecule has 0 amide bonds. The third-order valence-corrected chi connectivity index (χ3v) is 3.52. The average molecular weight is 291 g/mol. The highest BCUT2D eigenvalue weighted by atomic mass is 19.1. The predicted molar refractivity (Wildman–Crippen MR) is 75.6 cm³/mol. The van der Waals surface area contributed by atoms with Crippen molar-refractivity contribution in [1.29, 1.82) is 0 Å². The van der Waals surface area contributed by atoms with Crippen LogP contribution in [0.5, 0.6) is 0 Å². The van der Waals surface area contributed by atoms with Gasteiger partial charge in [-0.2, -0.15) is 0 Å². The van der Waals surface area contributed by atoms with Crippen molar-refractivity contribution >= 4 is 5.95 Å². The first-order chi connectivity index (χ1) is 10.3. The van der Waals surface area contributed by atoms with Crippen LogP contribution in [-0.4, -0.2) is 46.5 Å². The van der Waals surface area contributed by atoms with Gasteiger partial charge in [0.25, 0.3) is 0 Å². The van der Waals surface area contributed by atoms with Gasteiger partial charge in [0.05, 0.1) is 13.2 Å². The summed E-state index contributed by atoms with van der Waals surface area (Å²) in [5.74, 6) is 0.547. The number of nitrogens with zero attached hydrogens (tertiary/aromatic N) is 5. The van der Waals surface area contributed by atoms with Crippen molar-refractivity contribution < 1.29 is 9.13 Å². The molecular weight excluding hydrogens is 273 g/mol. The standard InChI is InChI=1S/C14H18FN5O/c15-13-4-1-3-12(11-13)5-7-20-14(16-17-18-20)19-6-2-9-21-10-8-19/h1,3-4,11H,2,5-10H2. The van der Waals surface area contributed by atoms with Crippen LogP contribution in [0.1, 0.15) is 12.0 Å². The minimum atomic E-state index is -0.214. The molecule has 3 rings (SSSR count). The van der Waals surface area contributed by atoms with Crippen molar-refractivity contribution in [3.05, 3.63) is 35.6 Å². The zero-order valence-electron chi connectivity index (χ0n) is 11.8. The molecule has 1 aliphatic rings. The van der Waals surface area contributed by atoms with Gasteiger partial charge in [-0.15, -0.1) is 0 Å². The molecule has 0 atom stereocenters. The molecule has 0 radical (unpaired) electrons. The van der Waals surface area contributed by atoms with E-state index in [-0.39, 0.29) is 5.82 Å². The second-order valence-corrected chi connectivity index (χ2v) is 5.03. The molecule has 1 fully saturated rings. The highest BCUT2D eigenvalue weighted by Crippen LogP contribution is 2.13. The molecule has 0 aliphatic carbocycles. The first kappa shape index (κ1) is 13.9. The Hall–Kier alpha value is -2.02. The maximum atomic E-state index is 13.2. The lowest BCUT2D eigenvalue weighted by molar-refractivity contribution is 0.152. The largest absolute Gasteiger partial charge is 0.380 e. The van der Waals surface area contributed by atoms with Crippen molar-refractivity contribution in [2.75, 3.05) is 31.2 Å². The van der Waals surface area contributed by atoms with Gasteiger partial charge in [-0.05, 0) is 41.0 Å². The molecule has 0 spiro atoms. The Balaban J connectivity index is 1.67. The van der Waals surface area contributed by atoms with Crippen molar-refractivity contribution in [2.24, 2.45) is 0 Å². The SMILES string of the molecule is Fc1cccc(CCn2nnnc2N2CCCOCC2)c1. The van der Waals surface area contributed by atoms with Gasteiger partial charge >= 0.3 is 0 Å². The summed E-state index contributed by atoms with van der Waals surface area (Å²) in [6.07, 6.45) is 1.66. The number of halogens is 1. The van der Waals surface area contributed by atoms with E-state index in [0.717, 1.165) is 37.6 Å². The molecule has 0 N–H and O–H groups in total. The Morgan fingerprint density at radius 3 is 3.10 bits per heavy atom. The van der Waals surface area contributed by atoms with Crippen LogP contribution in [0.4, 0.5) is 10.3 Å². The normalized spacial score (nSPS) is 16.0. The van der Waals surface area contributed by atoms with E-state index in [4.69, 9.17) is 4.74 Å². The van der Waals surface area contributed by atoms with Crippen LogP contribution in [0.25, 0.3) is 0 Å². The number of hydrogen-bond acceptors (Lipinski definition) is 5. The number of hydrogen-bond donors (Lipinski definition) is 0. The number of tetrazole rings is 1. The second-order valence-electron chi connectivity index (χ2n) is 5.03. The van der Waals surface area contributed by atoms with E-state index in [9.17, 15) is 4.39 Å². The minimum Gasteiger partial charge on any atom is -0.380 e. The van der Waals surface area contributed by atoms with E-state index in [1.165, 1.54) is 6.07 Å². The van der Waals surface area contributed by atoms with Crippen molar-refractivity contribution in [1.82, 2.24) is 20.2 Å². The summed E-state index contributed by atoms with van der Waals surface area (Å²) in [7, 11) is 0. The van der Waals surface area contributed by atoms with Gasteiger partial charge < -0.3 is 9.64 Å². The molecule has 6 nitrogen and oxygen atoms in total. The predicted octanol–water partition coefficient (Wildman–Crippen LogP) is 1.28. The maximum Gasteiger partial charge on any atom is 0.245 e. The average Bonchev–Trinajstić information content (AvgIpc) is 2.78. The van der Waals surface area contributed by atoms with E-state index in [0.29, 0.717) is 19.6 Å². The zero-order valence-corrected chi connectivity index (χ0v) is 11.8. The third-order valence-electron chi connectivity index (χ3n) is 3.52. The van der Waals surface area contributed by atoms with Gasteiger partial charge in [-0.25, -0.2) is 9.07 Å². The lowest BCUT2D eigenvalue weighted by Crippen LogP contribution is -2.29. The van der Waals surface area contributed by atoms with Crippen LogP contribution >= 0.6 is 0 Å². The van der Waals surface area contributed by atoms with Gasteiger partial charge in [0.1, 0.15) is 5.82 Å². The molecule has 2 aromatic rings. The molecule has 0 bridgehead atoms. The van der Waals surface area contributed by atoms with Crippen LogP contribution in [0.3, 0.4) is 0 Å². The van der Waals surface area contributed by atoms with Gasteiger partial charge in [-0.1, -0.05) is 17.2 Å². The number of ether oxygens (including phenoxy) is 1. The summed E-state index contributed by atoms with van der Waals surface area (Å²) in [6.45, 7) is 3.78. The fourth-order valence-corrected chi connectivity index (χ4v) is 2.44. The van der Waals surface area contributed by atoms with Gasteiger partial charge in [0.15, 0.2) is 0 Å². The van der Waals surface area contributed by atoms with Crippen LogP contribution in [-0.2, 0) is 17.7 Å². The first-order valence-electron chi connectivity index (χ1n) is 7.16. The van der Waals surface area contributed by atoms with Crippen LogP contribution in [0.2, 0.25) is 0 Å². The third kappa shape index (κ3) is 3.55. The first-order valence-corrected chi connectivity index (χ1v) is 7.16. The zero-order chi connectivity index (χ0) is 14.5. The summed E-state index contributed by atoms with van der Waals surface area (Å²) >= 11 is 0. The Morgan fingerprint density at radius 2 is 2.19 bits per heavy atom. The molecule has 1 aromatic heterocycles. The number of aromatic nitrogens is 4. The molecule has 0 saturated carbocycles.